The first-order valence-electron chi connectivity index (χ1n) is 10.0. The zero-order valence-electron chi connectivity index (χ0n) is 17.0. The van der Waals surface area contributed by atoms with Crippen LogP contribution in [-0.4, -0.2) is 66.9 Å². The van der Waals surface area contributed by atoms with E-state index in [-0.39, 0.29) is 17.9 Å². The molecule has 7 heteroatoms. The number of nitrogens with one attached hydrogen (secondary N) is 1. The van der Waals surface area contributed by atoms with E-state index >= 15 is 0 Å². The van der Waals surface area contributed by atoms with Gasteiger partial charge in [-0.25, -0.2) is 4.79 Å². The summed E-state index contributed by atoms with van der Waals surface area (Å²) in [5, 5.41) is 2.91. The molecule has 1 aromatic carbocycles. The molecule has 0 spiro atoms. The lowest BCUT2D eigenvalue weighted by atomic mass is 9.80. The average Bonchev–Trinajstić information content (AvgIpc) is 3.41. The van der Waals surface area contributed by atoms with Crippen molar-refractivity contribution in [3.8, 4) is 0 Å². The molecule has 7 nitrogen and oxygen atoms in total. The van der Waals surface area contributed by atoms with Gasteiger partial charge in [0, 0.05) is 52.7 Å². The molecule has 3 heterocycles. The van der Waals surface area contributed by atoms with Gasteiger partial charge in [0.05, 0.1) is 18.2 Å². The van der Waals surface area contributed by atoms with Crippen LogP contribution in [-0.2, 0) is 17.9 Å². The van der Waals surface area contributed by atoms with Gasteiger partial charge >= 0.3 is 6.03 Å². The van der Waals surface area contributed by atoms with E-state index in [1.54, 1.807) is 36.2 Å². The second kappa shape index (κ2) is 7.91. The van der Waals surface area contributed by atoms with Crippen molar-refractivity contribution in [2.75, 3.05) is 40.3 Å². The second-order valence-electron chi connectivity index (χ2n) is 8.33. The summed E-state index contributed by atoms with van der Waals surface area (Å²) in [5.74, 6) is 0.959. The molecular weight excluding hydrogens is 368 g/mol. The standard InChI is InChI=1S/C22H28N4O3/c1-24(2)20(27)22-15-25(12-17-7-4-3-5-8-17)13-18(22)14-26(16-22)21(28)23-11-19-9-6-10-29-19/h3-10,18H,11-16H2,1-2H3,(H,23,28)/t18-,22-/m0/s1. The van der Waals surface area contributed by atoms with Gasteiger partial charge in [0.2, 0.25) is 5.91 Å². The number of nitrogens with zero attached hydrogens (tertiary/aromatic N) is 3. The topological polar surface area (TPSA) is 69.0 Å². The third kappa shape index (κ3) is 3.87. The number of amides is 3. The average molecular weight is 396 g/mol. The molecule has 2 aliphatic rings. The predicted octanol–water partition coefficient (Wildman–Crippen LogP) is 2.01. The molecular formula is C22H28N4O3. The third-order valence-electron chi connectivity index (χ3n) is 6.04. The number of urea groups is 1. The summed E-state index contributed by atoms with van der Waals surface area (Å²) in [4.78, 5) is 31.7. The molecule has 3 amide bonds. The highest BCUT2D eigenvalue weighted by atomic mass is 16.3. The number of carbonyl (C=O) groups excluding carboxylic acids is 2. The molecule has 0 radical (unpaired) electrons. The van der Waals surface area contributed by atoms with Crippen LogP contribution in [0.5, 0.6) is 0 Å². The minimum Gasteiger partial charge on any atom is -0.467 e. The van der Waals surface area contributed by atoms with E-state index in [1.165, 1.54) is 5.56 Å². The maximum absolute atomic E-state index is 13.2. The molecule has 2 atom stereocenters. The number of benzene rings is 1. The Balaban J connectivity index is 1.45. The summed E-state index contributed by atoms with van der Waals surface area (Å²) >= 11 is 0. The zero-order chi connectivity index (χ0) is 20.4. The Bertz CT molecular complexity index is 852. The van der Waals surface area contributed by atoms with Crippen LogP contribution < -0.4 is 5.32 Å². The van der Waals surface area contributed by atoms with Crippen LogP contribution in [0.3, 0.4) is 0 Å². The van der Waals surface area contributed by atoms with Crippen molar-refractivity contribution in [1.82, 2.24) is 20.0 Å². The number of furan rings is 1. The molecule has 29 heavy (non-hydrogen) atoms. The molecule has 154 valence electrons. The van der Waals surface area contributed by atoms with Crippen LogP contribution in [0.2, 0.25) is 0 Å². The van der Waals surface area contributed by atoms with Gasteiger partial charge in [-0.3, -0.25) is 9.69 Å². The molecule has 0 unspecified atom stereocenters. The highest BCUT2D eigenvalue weighted by molar-refractivity contribution is 5.86. The molecule has 4 rings (SSSR count). The highest BCUT2D eigenvalue weighted by Crippen LogP contribution is 2.44. The summed E-state index contributed by atoms with van der Waals surface area (Å²) in [6.45, 7) is 3.70. The van der Waals surface area contributed by atoms with E-state index in [0.717, 1.165) is 13.1 Å². The van der Waals surface area contributed by atoms with Crippen molar-refractivity contribution in [1.29, 1.82) is 0 Å². The van der Waals surface area contributed by atoms with Gasteiger partial charge in [-0.2, -0.15) is 0 Å². The van der Waals surface area contributed by atoms with Crippen LogP contribution >= 0.6 is 0 Å². The van der Waals surface area contributed by atoms with Crippen LogP contribution in [0.4, 0.5) is 4.79 Å². The Morgan fingerprint density at radius 2 is 1.93 bits per heavy atom. The van der Waals surface area contributed by atoms with Crippen molar-refractivity contribution in [2.45, 2.75) is 13.1 Å². The Kier molecular flexibility index (Phi) is 5.32. The molecule has 0 bridgehead atoms. The first-order valence-corrected chi connectivity index (χ1v) is 10.0. The summed E-state index contributed by atoms with van der Waals surface area (Å²) < 4.78 is 5.28. The lowest BCUT2D eigenvalue weighted by Crippen LogP contribution is -2.48. The Hall–Kier alpha value is -2.80. The van der Waals surface area contributed by atoms with Crippen LogP contribution in [0, 0.1) is 11.3 Å². The maximum atomic E-state index is 13.2. The zero-order valence-corrected chi connectivity index (χ0v) is 17.0. The lowest BCUT2D eigenvalue weighted by molar-refractivity contribution is -0.139. The molecule has 1 aromatic heterocycles. The molecule has 0 saturated carbocycles. The van der Waals surface area contributed by atoms with Gasteiger partial charge in [-0.1, -0.05) is 30.3 Å². The second-order valence-corrected chi connectivity index (χ2v) is 8.33. The Labute approximate surface area is 171 Å². The fraction of sp³-hybridized carbons (Fsp3) is 0.455. The smallest absolute Gasteiger partial charge is 0.317 e. The highest BCUT2D eigenvalue weighted by Gasteiger charge is 2.58. The van der Waals surface area contributed by atoms with E-state index in [4.69, 9.17) is 4.42 Å². The van der Waals surface area contributed by atoms with Gasteiger partial charge in [0.15, 0.2) is 0 Å². The first-order chi connectivity index (χ1) is 14.0. The molecule has 1 N–H and O–H groups in total. The van der Waals surface area contributed by atoms with Crippen molar-refractivity contribution < 1.29 is 14.0 Å². The van der Waals surface area contributed by atoms with E-state index < -0.39 is 5.41 Å². The maximum Gasteiger partial charge on any atom is 0.317 e. The molecule has 2 aromatic rings. The fourth-order valence-electron chi connectivity index (χ4n) is 4.72. The first kappa shape index (κ1) is 19.5. The SMILES string of the molecule is CN(C)C(=O)[C@]12CN(Cc3ccccc3)C[C@H]1CN(C(=O)NCc1ccco1)C2. The minimum absolute atomic E-state index is 0.111. The van der Waals surface area contributed by atoms with E-state index in [1.807, 2.05) is 24.3 Å². The van der Waals surface area contributed by atoms with Crippen LogP contribution in [0.15, 0.2) is 53.1 Å². The fourth-order valence-corrected chi connectivity index (χ4v) is 4.72. The van der Waals surface area contributed by atoms with Crippen LogP contribution in [0.25, 0.3) is 0 Å². The summed E-state index contributed by atoms with van der Waals surface area (Å²) in [6, 6.07) is 13.8. The predicted molar refractivity (Wildman–Crippen MR) is 109 cm³/mol. The van der Waals surface area contributed by atoms with Gasteiger partial charge < -0.3 is 19.5 Å². The van der Waals surface area contributed by atoms with Crippen molar-refractivity contribution in [3.05, 3.63) is 60.1 Å². The summed E-state index contributed by atoms with van der Waals surface area (Å²) in [6.07, 6.45) is 1.59. The Morgan fingerprint density at radius 1 is 1.14 bits per heavy atom. The molecule has 2 fully saturated rings. The summed E-state index contributed by atoms with van der Waals surface area (Å²) in [5.41, 5.74) is 0.702. The van der Waals surface area contributed by atoms with Crippen molar-refractivity contribution >= 4 is 11.9 Å². The number of fused-ring (bicyclic) bond motifs is 1. The van der Waals surface area contributed by atoms with Crippen molar-refractivity contribution in [3.63, 3.8) is 0 Å². The molecule has 2 aliphatic heterocycles. The molecule has 0 aliphatic carbocycles. The van der Waals surface area contributed by atoms with Crippen molar-refractivity contribution in [2.24, 2.45) is 11.3 Å². The number of hydrogen-bond donors (Lipinski definition) is 1. The minimum atomic E-state index is -0.541. The number of rotatable bonds is 5. The number of hydrogen-bond acceptors (Lipinski definition) is 4. The summed E-state index contributed by atoms with van der Waals surface area (Å²) in [7, 11) is 3.60. The van der Waals surface area contributed by atoms with E-state index in [9.17, 15) is 9.59 Å². The molecule has 2 saturated heterocycles. The monoisotopic (exact) mass is 396 g/mol. The van der Waals surface area contributed by atoms with Crippen LogP contribution in [0.1, 0.15) is 11.3 Å². The van der Waals surface area contributed by atoms with E-state index in [0.29, 0.717) is 31.9 Å². The van der Waals surface area contributed by atoms with E-state index in [2.05, 4.69) is 22.3 Å². The van der Waals surface area contributed by atoms with Gasteiger partial charge in [0.25, 0.3) is 0 Å². The third-order valence-corrected chi connectivity index (χ3v) is 6.04. The number of likely N-dealkylation sites (tertiary alicyclic amines) is 2. The Morgan fingerprint density at radius 3 is 2.62 bits per heavy atom. The van der Waals surface area contributed by atoms with Gasteiger partial charge in [-0.15, -0.1) is 0 Å². The quantitative estimate of drug-likeness (QED) is 0.840. The number of carbonyl (C=O) groups is 2. The lowest BCUT2D eigenvalue weighted by Gasteiger charge is -2.31. The normalized spacial score (nSPS) is 23.8. The van der Waals surface area contributed by atoms with Gasteiger partial charge in [0.1, 0.15) is 5.76 Å². The van der Waals surface area contributed by atoms with Gasteiger partial charge in [-0.05, 0) is 17.7 Å². The largest absolute Gasteiger partial charge is 0.467 e.